The van der Waals surface area contributed by atoms with Gasteiger partial charge in [0.25, 0.3) is 10.0 Å². The van der Waals surface area contributed by atoms with Crippen LogP contribution in [-0.2, 0) is 27.8 Å². The number of esters is 1. The lowest BCUT2D eigenvalue weighted by molar-refractivity contribution is 0.0473. The van der Waals surface area contributed by atoms with E-state index in [-0.39, 0.29) is 22.8 Å². The molecule has 0 bridgehead atoms. The highest BCUT2D eigenvalue weighted by Gasteiger charge is 2.24. The molecule has 7 heteroatoms. The Morgan fingerprint density at radius 3 is 2.17 bits per heavy atom. The monoisotopic (exact) mass is 501 g/mol. The van der Waals surface area contributed by atoms with Crippen LogP contribution in [0.2, 0.25) is 0 Å². The molecule has 4 aromatic rings. The molecule has 0 unspecified atom stereocenters. The van der Waals surface area contributed by atoms with E-state index in [0.29, 0.717) is 23.3 Å². The number of benzene rings is 4. The van der Waals surface area contributed by atoms with Gasteiger partial charge in [-0.3, -0.25) is 4.72 Å². The van der Waals surface area contributed by atoms with Crippen molar-refractivity contribution in [2.75, 3.05) is 11.8 Å². The summed E-state index contributed by atoms with van der Waals surface area (Å²) in [5, 5.41) is 0. The second-order valence-electron chi connectivity index (χ2n) is 8.30. The zero-order chi connectivity index (χ0) is 25.5. The van der Waals surface area contributed by atoms with Crippen molar-refractivity contribution in [2.45, 2.75) is 24.8 Å². The standard InChI is InChI=1S/C29H27NO5S/c1-21-10-9-15-26(28(21)29(31)35-20-23-13-7-4-8-14-23)30-36(32,33)27-17-16-25(34-2)19-24(27)18-22-11-5-3-6-12-22/h3-17,19,30H,18,20H2,1-2H3. The van der Waals surface area contributed by atoms with Crippen LogP contribution in [0.1, 0.15) is 32.6 Å². The highest BCUT2D eigenvalue weighted by molar-refractivity contribution is 7.92. The fourth-order valence-electron chi connectivity index (χ4n) is 3.92. The number of nitrogens with one attached hydrogen (secondary N) is 1. The maximum atomic E-state index is 13.6. The first-order valence-electron chi connectivity index (χ1n) is 11.4. The predicted molar refractivity (Wildman–Crippen MR) is 140 cm³/mol. The van der Waals surface area contributed by atoms with Crippen LogP contribution < -0.4 is 9.46 Å². The van der Waals surface area contributed by atoms with Gasteiger partial charge in [-0.05, 0) is 59.9 Å². The van der Waals surface area contributed by atoms with Crippen molar-refractivity contribution in [3.8, 4) is 5.75 Å². The molecule has 0 atom stereocenters. The summed E-state index contributed by atoms with van der Waals surface area (Å²) in [6, 6.07) is 28.7. The van der Waals surface area contributed by atoms with Gasteiger partial charge in [0.2, 0.25) is 0 Å². The molecule has 0 fully saturated rings. The number of aryl methyl sites for hydroxylation is 1. The number of hydrogen-bond acceptors (Lipinski definition) is 5. The maximum Gasteiger partial charge on any atom is 0.340 e. The molecule has 0 saturated heterocycles. The molecule has 0 aliphatic heterocycles. The Bertz CT molecular complexity index is 1450. The minimum Gasteiger partial charge on any atom is -0.497 e. The summed E-state index contributed by atoms with van der Waals surface area (Å²) in [5.41, 5.74) is 3.32. The zero-order valence-electron chi connectivity index (χ0n) is 20.1. The van der Waals surface area contributed by atoms with Crippen LogP contribution in [0, 0.1) is 6.92 Å². The molecule has 0 saturated carbocycles. The van der Waals surface area contributed by atoms with Gasteiger partial charge < -0.3 is 9.47 Å². The minimum absolute atomic E-state index is 0.0832. The Balaban J connectivity index is 1.64. The van der Waals surface area contributed by atoms with E-state index in [2.05, 4.69) is 4.72 Å². The first-order valence-corrected chi connectivity index (χ1v) is 12.9. The third-order valence-corrected chi connectivity index (χ3v) is 7.19. The van der Waals surface area contributed by atoms with Gasteiger partial charge in [-0.1, -0.05) is 72.8 Å². The molecule has 4 rings (SSSR count). The third-order valence-electron chi connectivity index (χ3n) is 5.73. The molecule has 0 aliphatic rings. The van der Waals surface area contributed by atoms with Crippen LogP contribution in [0.3, 0.4) is 0 Å². The topological polar surface area (TPSA) is 81.7 Å². The average Bonchev–Trinajstić information content (AvgIpc) is 2.88. The van der Waals surface area contributed by atoms with Gasteiger partial charge in [-0.15, -0.1) is 0 Å². The van der Waals surface area contributed by atoms with E-state index in [9.17, 15) is 13.2 Å². The van der Waals surface area contributed by atoms with Crippen LogP contribution in [0.15, 0.2) is 102 Å². The number of carbonyl (C=O) groups excluding carboxylic acids is 1. The van der Waals surface area contributed by atoms with Crippen LogP contribution in [-0.4, -0.2) is 21.5 Å². The number of hydrogen-bond donors (Lipinski definition) is 1. The first-order chi connectivity index (χ1) is 17.4. The molecule has 0 aromatic heterocycles. The van der Waals surface area contributed by atoms with Gasteiger partial charge in [-0.25, -0.2) is 13.2 Å². The molecule has 0 spiro atoms. The van der Waals surface area contributed by atoms with E-state index < -0.39 is 16.0 Å². The second kappa shape index (κ2) is 11.1. The summed E-state index contributed by atoms with van der Waals surface area (Å²) in [5.74, 6) is -0.0468. The molecule has 4 aromatic carbocycles. The molecule has 0 amide bonds. The summed E-state index contributed by atoms with van der Waals surface area (Å²) >= 11 is 0. The molecule has 0 radical (unpaired) electrons. The fraction of sp³-hybridized carbons (Fsp3) is 0.138. The number of ether oxygens (including phenoxy) is 2. The van der Waals surface area contributed by atoms with Crippen LogP contribution in [0.5, 0.6) is 5.75 Å². The lowest BCUT2D eigenvalue weighted by Gasteiger charge is -2.17. The van der Waals surface area contributed by atoms with Crippen LogP contribution >= 0.6 is 0 Å². The van der Waals surface area contributed by atoms with Crippen molar-refractivity contribution in [1.29, 1.82) is 0 Å². The summed E-state index contributed by atoms with van der Waals surface area (Å²) in [4.78, 5) is 13.1. The zero-order valence-corrected chi connectivity index (χ0v) is 20.9. The fourth-order valence-corrected chi connectivity index (χ4v) is 5.21. The summed E-state index contributed by atoms with van der Waals surface area (Å²) in [6.45, 7) is 1.82. The Hall–Kier alpha value is -4.10. The minimum atomic E-state index is -4.04. The first kappa shape index (κ1) is 25.0. The lowest BCUT2D eigenvalue weighted by Crippen LogP contribution is -2.19. The van der Waals surface area contributed by atoms with Gasteiger partial charge in [0.1, 0.15) is 12.4 Å². The second-order valence-corrected chi connectivity index (χ2v) is 9.95. The number of rotatable bonds is 9. The van der Waals surface area contributed by atoms with Crippen molar-refractivity contribution in [3.63, 3.8) is 0 Å². The molecular formula is C29H27NO5S. The Labute approximate surface area is 211 Å². The lowest BCUT2D eigenvalue weighted by atomic mass is 10.0. The van der Waals surface area contributed by atoms with E-state index in [1.54, 1.807) is 37.3 Å². The average molecular weight is 502 g/mol. The summed E-state index contributed by atoms with van der Waals surface area (Å²) < 4.78 is 40.6. The summed E-state index contributed by atoms with van der Waals surface area (Å²) in [7, 11) is -2.51. The van der Waals surface area contributed by atoms with Crippen molar-refractivity contribution in [1.82, 2.24) is 0 Å². The number of carbonyl (C=O) groups is 1. The molecule has 36 heavy (non-hydrogen) atoms. The molecular weight excluding hydrogens is 474 g/mol. The highest BCUT2D eigenvalue weighted by Crippen LogP contribution is 2.29. The Morgan fingerprint density at radius 1 is 0.833 bits per heavy atom. The van der Waals surface area contributed by atoms with Gasteiger partial charge in [0, 0.05) is 0 Å². The maximum absolute atomic E-state index is 13.6. The van der Waals surface area contributed by atoms with Gasteiger partial charge in [-0.2, -0.15) is 0 Å². The quantitative estimate of drug-likeness (QED) is 0.295. The van der Waals surface area contributed by atoms with Crippen LogP contribution in [0.4, 0.5) is 5.69 Å². The Morgan fingerprint density at radius 2 is 1.50 bits per heavy atom. The predicted octanol–water partition coefficient (Wildman–Crippen LogP) is 5.75. The summed E-state index contributed by atoms with van der Waals surface area (Å²) in [6.07, 6.45) is 0.397. The van der Waals surface area contributed by atoms with Crippen molar-refractivity contribution < 1.29 is 22.7 Å². The molecule has 0 heterocycles. The smallest absolute Gasteiger partial charge is 0.340 e. The SMILES string of the molecule is COc1ccc(S(=O)(=O)Nc2cccc(C)c2C(=O)OCc2ccccc2)c(Cc2ccccc2)c1. The number of anilines is 1. The van der Waals surface area contributed by atoms with Gasteiger partial charge in [0.05, 0.1) is 23.3 Å². The van der Waals surface area contributed by atoms with Gasteiger partial charge in [0.15, 0.2) is 0 Å². The van der Waals surface area contributed by atoms with E-state index in [1.165, 1.54) is 13.2 Å². The molecule has 1 N–H and O–H groups in total. The number of methoxy groups -OCH3 is 1. The normalized spacial score (nSPS) is 11.1. The van der Waals surface area contributed by atoms with E-state index in [0.717, 1.165) is 11.1 Å². The Kier molecular flexibility index (Phi) is 7.71. The highest BCUT2D eigenvalue weighted by atomic mass is 32.2. The van der Waals surface area contributed by atoms with E-state index >= 15 is 0 Å². The van der Waals surface area contributed by atoms with Gasteiger partial charge >= 0.3 is 5.97 Å². The van der Waals surface area contributed by atoms with Crippen molar-refractivity contribution in [2.24, 2.45) is 0 Å². The van der Waals surface area contributed by atoms with Crippen LogP contribution in [0.25, 0.3) is 0 Å². The van der Waals surface area contributed by atoms with Crippen molar-refractivity contribution >= 4 is 21.7 Å². The molecule has 184 valence electrons. The number of sulfonamides is 1. The van der Waals surface area contributed by atoms with E-state index in [4.69, 9.17) is 9.47 Å². The van der Waals surface area contributed by atoms with E-state index in [1.807, 2.05) is 60.7 Å². The molecule has 6 nitrogen and oxygen atoms in total. The third kappa shape index (κ3) is 5.93. The molecule has 0 aliphatic carbocycles. The largest absolute Gasteiger partial charge is 0.497 e. The van der Waals surface area contributed by atoms with Crippen molar-refractivity contribution in [3.05, 3.63) is 125 Å².